The van der Waals surface area contributed by atoms with Crippen LogP contribution >= 0.6 is 0 Å². The first-order valence-electron chi connectivity index (χ1n) is 9.79. The van der Waals surface area contributed by atoms with Crippen molar-refractivity contribution in [1.29, 1.82) is 0 Å². The molecule has 2 rings (SSSR count). The van der Waals surface area contributed by atoms with Gasteiger partial charge in [0.05, 0.1) is 18.1 Å². The van der Waals surface area contributed by atoms with Crippen LogP contribution in [0.2, 0.25) is 19.6 Å². The summed E-state index contributed by atoms with van der Waals surface area (Å²) in [7, 11) is 0.121. The molecule has 1 unspecified atom stereocenters. The molecule has 0 spiro atoms. The van der Waals surface area contributed by atoms with E-state index in [0.717, 1.165) is 17.5 Å². The van der Waals surface area contributed by atoms with E-state index in [9.17, 15) is 4.79 Å². The van der Waals surface area contributed by atoms with Crippen LogP contribution in [0.15, 0.2) is 60.7 Å². The van der Waals surface area contributed by atoms with Crippen molar-refractivity contribution < 1.29 is 9.22 Å². The van der Waals surface area contributed by atoms with Crippen molar-refractivity contribution in [2.45, 2.75) is 58.0 Å². The van der Waals surface area contributed by atoms with Crippen LogP contribution in [-0.4, -0.2) is 32.2 Å². The van der Waals surface area contributed by atoms with E-state index in [0.29, 0.717) is 0 Å². The van der Waals surface area contributed by atoms with Gasteiger partial charge in [0, 0.05) is 7.05 Å². The Labute approximate surface area is 165 Å². The van der Waals surface area contributed by atoms with Crippen LogP contribution in [0.3, 0.4) is 0 Å². The molecule has 1 amide bonds. The van der Waals surface area contributed by atoms with Crippen LogP contribution in [0.1, 0.15) is 43.4 Å². The topological polar surface area (TPSA) is 29.5 Å². The molecule has 146 valence electrons. The monoisotopic (exact) mass is 383 g/mol. The Morgan fingerprint density at radius 3 is 1.89 bits per heavy atom. The lowest BCUT2D eigenvalue weighted by molar-refractivity contribution is -0.135. The fourth-order valence-electron chi connectivity index (χ4n) is 3.36. The summed E-state index contributed by atoms with van der Waals surface area (Å²) in [5.41, 5.74) is 2.20. The Balaban J connectivity index is 2.27. The number of carbonyl (C=O) groups excluding carboxylic acids is 1. The molecule has 3 nitrogen and oxygen atoms in total. The van der Waals surface area contributed by atoms with Gasteiger partial charge in [-0.2, -0.15) is 0 Å². The third-order valence-corrected chi connectivity index (χ3v) is 5.87. The zero-order chi connectivity index (χ0) is 20.0. The van der Waals surface area contributed by atoms with Crippen molar-refractivity contribution in [3.8, 4) is 0 Å². The zero-order valence-corrected chi connectivity index (χ0v) is 18.5. The maximum Gasteiger partial charge on any atom is 0.230 e. The van der Waals surface area contributed by atoms with Gasteiger partial charge in [-0.15, -0.1) is 0 Å². The molecule has 0 radical (unpaired) electrons. The van der Waals surface area contributed by atoms with Crippen LogP contribution in [0.5, 0.6) is 0 Å². The standard InChI is InChI=1S/C23H33NO2Si/c1-7-21(19-14-10-8-11-15-19)23(25)24(3)18(2)22(26-27(4,5)6)20-16-12-9-13-17-20/h8-18,21-22H,7H2,1-6H3/t18-,21?,22-/m1/s1. The highest BCUT2D eigenvalue weighted by Crippen LogP contribution is 2.30. The van der Waals surface area contributed by atoms with Crippen molar-refractivity contribution in [2.75, 3.05) is 7.05 Å². The lowest BCUT2D eigenvalue weighted by Gasteiger charge is -2.37. The molecule has 0 saturated carbocycles. The highest BCUT2D eigenvalue weighted by Gasteiger charge is 2.33. The Morgan fingerprint density at radius 1 is 0.963 bits per heavy atom. The normalized spacial score (nSPS) is 15.0. The Morgan fingerprint density at radius 2 is 1.44 bits per heavy atom. The maximum atomic E-state index is 13.3. The first kappa shape index (κ1) is 21.4. The molecule has 0 aliphatic heterocycles. The minimum atomic E-state index is -1.78. The lowest BCUT2D eigenvalue weighted by Crippen LogP contribution is -2.44. The summed E-state index contributed by atoms with van der Waals surface area (Å²) in [6, 6.07) is 20.3. The van der Waals surface area contributed by atoms with E-state index in [1.807, 2.05) is 60.5 Å². The van der Waals surface area contributed by atoms with Crippen LogP contribution in [0.4, 0.5) is 0 Å². The third-order valence-electron chi connectivity index (χ3n) is 4.91. The third kappa shape index (κ3) is 5.78. The second kappa shape index (κ2) is 9.33. The molecule has 2 aromatic carbocycles. The van der Waals surface area contributed by atoms with Crippen molar-refractivity contribution in [3.05, 3.63) is 71.8 Å². The molecule has 27 heavy (non-hydrogen) atoms. The van der Waals surface area contributed by atoms with Gasteiger partial charge in [0.1, 0.15) is 0 Å². The molecular weight excluding hydrogens is 350 g/mol. The van der Waals surface area contributed by atoms with E-state index in [2.05, 4.69) is 45.6 Å². The SMILES string of the molecule is CCC(C(=O)N(C)[C@H](C)[C@@H](O[Si](C)(C)C)c1ccccc1)c1ccccc1. The van der Waals surface area contributed by atoms with Gasteiger partial charge in [-0.25, -0.2) is 0 Å². The fourth-order valence-corrected chi connectivity index (χ4v) is 4.45. The van der Waals surface area contributed by atoms with Crippen LogP contribution < -0.4 is 0 Å². The van der Waals surface area contributed by atoms with Crippen LogP contribution in [0.25, 0.3) is 0 Å². The quantitative estimate of drug-likeness (QED) is 0.554. The predicted octanol–water partition coefficient (Wildman–Crippen LogP) is 5.62. The zero-order valence-electron chi connectivity index (χ0n) is 17.5. The number of hydrogen-bond donors (Lipinski definition) is 0. The van der Waals surface area contributed by atoms with Gasteiger partial charge in [-0.05, 0) is 44.1 Å². The summed E-state index contributed by atoms with van der Waals surface area (Å²) in [5.74, 6) is 0.0262. The summed E-state index contributed by atoms with van der Waals surface area (Å²) < 4.78 is 6.52. The molecule has 4 heteroatoms. The smallest absolute Gasteiger partial charge is 0.230 e. The number of benzene rings is 2. The van der Waals surface area contributed by atoms with E-state index in [1.165, 1.54) is 0 Å². The molecular formula is C23H33NO2Si. The van der Waals surface area contributed by atoms with E-state index in [1.54, 1.807) is 0 Å². The van der Waals surface area contributed by atoms with Gasteiger partial charge in [0.15, 0.2) is 8.32 Å². The molecule has 0 aliphatic rings. The summed E-state index contributed by atoms with van der Waals surface area (Å²) in [6.45, 7) is 10.7. The minimum Gasteiger partial charge on any atom is -0.409 e. The lowest BCUT2D eigenvalue weighted by atomic mass is 9.93. The van der Waals surface area contributed by atoms with Gasteiger partial charge in [-0.1, -0.05) is 67.6 Å². The van der Waals surface area contributed by atoms with Gasteiger partial charge < -0.3 is 9.33 Å². The molecule has 0 aromatic heterocycles. The average molecular weight is 384 g/mol. The van der Waals surface area contributed by atoms with Gasteiger partial charge in [-0.3, -0.25) is 4.79 Å². The molecule has 0 bridgehead atoms. The number of likely N-dealkylation sites (N-methyl/N-ethyl adjacent to an activating group) is 1. The first-order valence-corrected chi connectivity index (χ1v) is 13.2. The highest BCUT2D eigenvalue weighted by atomic mass is 28.4. The molecule has 3 atom stereocenters. The number of carbonyl (C=O) groups is 1. The summed E-state index contributed by atoms with van der Waals surface area (Å²) in [5, 5.41) is 0. The van der Waals surface area contributed by atoms with Gasteiger partial charge in [0.25, 0.3) is 0 Å². The minimum absolute atomic E-state index is 0.0515. The van der Waals surface area contributed by atoms with E-state index in [4.69, 9.17) is 4.43 Å². The van der Waals surface area contributed by atoms with E-state index >= 15 is 0 Å². The van der Waals surface area contributed by atoms with E-state index in [-0.39, 0.29) is 24.0 Å². The van der Waals surface area contributed by atoms with Crippen molar-refractivity contribution in [1.82, 2.24) is 4.90 Å². The fraction of sp³-hybridized carbons (Fsp3) is 0.435. The molecule has 2 aromatic rings. The van der Waals surface area contributed by atoms with Crippen LogP contribution in [0, 0.1) is 0 Å². The molecule has 0 heterocycles. The molecule has 0 saturated heterocycles. The number of hydrogen-bond acceptors (Lipinski definition) is 2. The Bertz CT molecular complexity index is 712. The molecule has 0 fully saturated rings. The largest absolute Gasteiger partial charge is 0.409 e. The highest BCUT2D eigenvalue weighted by molar-refractivity contribution is 6.69. The molecule has 0 aliphatic carbocycles. The van der Waals surface area contributed by atoms with Gasteiger partial charge >= 0.3 is 0 Å². The van der Waals surface area contributed by atoms with Crippen LogP contribution in [-0.2, 0) is 9.22 Å². The average Bonchev–Trinajstić information content (AvgIpc) is 2.66. The van der Waals surface area contributed by atoms with Crippen molar-refractivity contribution in [3.63, 3.8) is 0 Å². The van der Waals surface area contributed by atoms with Crippen molar-refractivity contribution >= 4 is 14.2 Å². The van der Waals surface area contributed by atoms with Crippen molar-refractivity contribution in [2.24, 2.45) is 0 Å². The summed E-state index contributed by atoms with van der Waals surface area (Å²) in [6.07, 6.45) is 0.658. The number of amides is 1. The maximum absolute atomic E-state index is 13.3. The Kier molecular flexibility index (Phi) is 7.39. The number of rotatable bonds is 8. The first-order chi connectivity index (χ1) is 12.7. The summed E-state index contributed by atoms with van der Waals surface area (Å²) in [4.78, 5) is 15.2. The Hall–Kier alpha value is -1.91. The predicted molar refractivity (Wildman–Crippen MR) is 115 cm³/mol. The number of nitrogens with zero attached hydrogens (tertiary/aromatic N) is 1. The second-order valence-electron chi connectivity index (χ2n) is 8.12. The molecule has 0 N–H and O–H groups in total. The second-order valence-corrected chi connectivity index (χ2v) is 12.6. The summed E-state index contributed by atoms with van der Waals surface area (Å²) >= 11 is 0. The van der Waals surface area contributed by atoms with E-state index < -0.39 is 8.32 Å². The van der Waals surface area contributed by atoms with Gasteiger partial charge in [0.2, 0.25) is 5.91 Å².